The third kappa shape index (κ3) is 3.80. The van der Waals surface area contributed by atoms with E-state index in [-0.39, 0.29) is 15.9 Å². The number of aryl methyl sites for hydroxylation is 1. The van der Waals surface area contributed by atoms with E-state index < -0.39 is 16.0 Å². The third-order valence-electron chi connectivity index (χ3n) is 2.84. The largest absolute Gasteiger partial charge is 0.478 e. The number of nitrogens with zero attached hydrogens (tertiary/aromatic N) is 1. The van der Waals surface area contributed by atoms with Crippen LogP contribution in [0.2, 0.25) is 0 Å². The molecule has 112 valence electrons. The van der Waals surface area contributed by atoms with Gasteiger partial charge in [0.2, 0.25) is 10.0 Å². The van der Waals surface area contributed by atoms with Crippen LogP contribution in [0.5, 0.6) is 0 Å². The zero-order valence-corrected chi connectivity index (χ0v) is 13.3. The van der Waals surface area contributed by atoms with E-state index in [0.717, 1.165) is 0 Å². The van der Waals surface area contributed by atoms with Gasteiger partial charge in [-0.1, -0.05) is 26.8 Å². The SMILES string of the molecule is Cc1ccc(S(=O)(=O)N(C)CC(C)(C)C)cc1C(=O)O. The minimum Gasteiger partial charge on any atom is -0.478 e. The molecule has 0 aliphatic heterocycles. The first-order valence-electron chi connectivity index (χ1n) is 6.25. The molecule has 0 bridgehead atoms. The maximum absolute atomic E-state index is 12.4. The lowest BCUT2D eigenvalue weighted by Crippen LogP contribution is -2.34. The van der Waals surface area contributed by atoms with Crippen molar-refractivity contribution in [3.8, 4) is 0 Å². The predicted octanol–water partition coefficient (Wildman–Crippen LogP) is 2.36. The number of rotatable bonds is 4. The molecule has 1 aromatic rings. The molecule has 1 N–H and O–H groups in total. The topological polar surface area (TPSA) is 74.7 Å². The fourth-order valence-electron chi connectivity index (χ4n) is 1.92. The highest BCUT2D eigenvalue weighted by atomic mass is 32.2. The summed E-state index contributed by atoms with van der Waals surface area (Å²) in [6.45, 7) is 7.81. The lowest BCUT2D eigenvalue weighted by atomic mass is 9.97. The minimum atomic E-state index is -3.67. The molecule has 0 amide bonds. The molecule has 0 unspecified atom stereocenters. The Labute approximate surface area is 120 Å². The molecule has 0 spiro atoms. The number of sulfonamides is 1. The first-order valence-corrected chi connectivity index (χ1v) is 7.69. The third-order valence-corrected chi connectivity index (χ3v) is 4.64. The van der Waals surface area contributed by atoms with Crippen molar-refractivity contribution in [3.63, 3.8) is 0 Å². The van der Waals surface area contributed by atoms with E-state index in [4.69, 9.17) is 5.11 Å². The maximum Gasteiger partial charge on any atom is 0.335 e. The lowest BCUT2D eigenvalue weighted by molar-refractivity contribution is 0.0696. The van der Waals surface area contributed by atoms with Crippen LogP contribution in [-0.2, 0) is 10.0 Å². The van der Waals surface area contributed by atoms with Gasteiger partial charge in [0.15, 0.2) is 0 Å². The molecule has 1 rings (SSSR count). The summed E-state index contributed by atoms with van der Waals surface area (Å²) in [7, 11) is -2.17. The Morgan fingerprint density at radius 1 is 1.30 bits per heavy atom. The molecule has 0 aromatic heterocycles. The van der Waals surface area contributed by atoms with Crippen LogP contribution in [0.3, 0.4) is 0 Å². The van der Waals surface area contributed by atoms with E-state index in [1.807, 2.05) is 20.8 Å². The number of carbonyl (C=O) groups is 1. The number of hydrogen-bond acceptors (Lipinski definition) is 3. The summed E-state index contributed by atoms with van der Waals surface area (Å²) >= 11 is 0. The molecule has 0 saturated carbocycles. The second-order valence-corrected chi connectivity index (χ2v) is 8.15. The van der Waals surface area contributed by atoms with Gasteiger partial charge >= 0.3 is 5.97 Å². The van der Waals surface area contributed by atoms with Crippen molar-refractivity contribution in [2.24, 2.45) is 5.41 Å². The van der Waals surface area contributed by atoms with Crippen LogP contribution < -0.4 is 0 Å². The van der Waals surface area contributed by atoms with Crippen LogP contribution in [0, 0.1) is 12.3 Å². The number of benzene rings is 1. The van der Waals surface area contributed by atoms with E-state index in [1.54, 1.807) is 6.92 Å². The number of carboxylic acid groups (broad SMARTS) is 1. The molecular formula is C14H21NO4S. The summed E-state index contributed by atoms with van der Waals surface area (Å²) in [5.74, 6) is -1.13. The predicted molar refractivity (Wildman–Crippen MR) is 77.4 cm³/mol. The number of hydrogen-bond donors (Lipinski definition) is 1. The van der Waals surface area contributed by atoms with Crippen molar-refractivity contribution in [1.82, 2.24) is 4.31 Å². The van der Waals surface area contributed by atoms with Gasteiger partial charge in [-0.05, 0) is 30.0 Å². The standard InChI is InChI=1S/C14H21NO4S/c1-10-6-7-11(8-12(10)13(16)17)20(18,19)15(5)9-14(2,3)4/h6-8H,9H2,1-5H3,(H,16,17). The van der Waals surface area contributed by atoms with E-state index in [9.17, 15) is 13.2 Å². The van der Waals surface area contributed by atoms with E-state index in [1.165, 1.54) is 29.6 Å². The van der Waals surface area contributed by atoms with Gasteiger partial charge in [0.05, 0.1) is 10.5 Å². The molecule has 0 aliphatic carbocycles. The summed E-state index contributed by atoms with van der Waals surface area (Å²) in [6.07, 6.45) is 0. The average Bonchev–Trinajstić information content (AvgIpc) is 2.26. The molecule has 0 saturated heterocycles. The fourth-order valence-corrected chi connectivity index (χ4v) is 3.35. The molecule has 5 nitrogen and oxygen atoms in total. The number of carboxylic acids is 1. The highest BCUT2D eigenvalue weighted by molar-refractivity contribution is 7.89. The summed E-state index contributed by atoms with van der Waals surface area (Å²) in [4.78, 5) is 11.1. The van der Waals surface area contributed by atoms with Gasteiger partial charge in [0.1, 0.15) is 0 Å². The zero-order valence-electron chi connectivity index (χ0n) is 12.5. The Balaban J connectivity index is 3.23. The molecule has 0 radical (unpaired) electrons. The molecule has 0 atom stereocenters. The number of aromatic carboxylic acids is 1. The Morgan fingerprint density at radius 2 is 1.85 bits per heavy atom. The minimum absolute atomic E-state index is 0.00671. The lowest BCUT2D eigenvalue weighted by Gasteiger charge is -2.26. The van der Waals surface area contributed by atoms with Crippen molar-refractivity contribution in [3.05, 3.63) is 29.3 Å². The molecular weight excluding hydrogens is 278 g/mol. The molecule has 0 fully saturated rings. The Bertz CT molecular complexity index is 615. The smallest absolute Gasteiger partial charge is 0.335 e. The van der Waals surface area contributed by atoms with E-state index >= 15 is 0 Å². The van der Waals surface area contributed by atoms with Gasteiger partial charge in [0.25, 0.3) is 0 Å². The summed E-state index contributed by atoms with van der Waals surface area (Å²) in [6, 6.07) is 4.17. The fraction of sp³-hybridized carbons (Fsp3) is 0.500. The normalized spacial score (nSPS) is 12.7. The second kappa shape index (κ2) is 5.54. The molecule has 0 aliphatic rings. The van der Waals surface area contributed by atoms with Gasteiger partial charge < -0.3 is 5.11 Å². The van der Waals surface area contributed by atoms with E-state index in [2.05, 4.69) is 0 Å². The van der Waals surface area contributed by atoms with E-state index in [0.29, 0.717) is 12.1 Å². The molecule has 0 heterocycles. The molecule has 6 heteroatoms. The van der Waals surface area contributed by atoms with Crippen molar-refractivity contribution >= 4 is 16.0 Å². The summed E-state index contributed by atoms with van der Waals surface area (Å²) in [5, 5.41) is 9.07. The van der Waals surface area contributed by atoms with Crippen LogP contribution in [0.1, 0.15) is 36.7 Å². The quantitative estimate of drug-likeness (QED) is 0.926. The molecule has 20 heavy (non-hydrogen) atoms. The Kier molecular flexibility index (Phi) is 4.61. The van der Waals surface area contributed by atoms with Crippen LogP contribution in [0.4, 0.5) is 0 Å². The second-order valence-electron chi connectivity index (χ2n) is 6.10. The van der Waals surface area contributed by atoms with Gasteiger partial charge in [-0.2, -0.15) is 0 Å². The van der Waals surface area contributed by atoms with Crippen LogP contribution in [0.15, 0.2) is 23.1 Å². The Morgan fingerprint density at radius 3 is 2.30 bits per heavy atom. The molecule has 1 aromatic carbocycles. The van der Waals surface area contributed by atoms with Crippen molar-refractivity contribution in [2.75, 3.05) is 13.6 Å². The van der Waals surface area contributed by atoms with Crippen LogP contribution in [0.25, 0.3) is 0 Å². The first kappa shape index (κ1) is 16.7. The van der Waals surface area contributed by atoms with Gasteiger partial charge in [0, 0.05) is 13.6 Å². The maximum atomic E-state index is 12.4. The van der Waals surface area contributed by atoms with Crippen LogP contribution >= 0.6 is 0 Å². The summed E-state index contributed by atoms with van der Waals surface area (Å²) < 4.78 is 26.1. The summed E-state index contributed by atoms with van der Waals surface area (Å²) in [5.41, 5.74) is 0.368. The highest BCUT2D eigenvalue weighted by Gasteiger charge is 2.26. The van der Waals surface area contributed by atoms with Gasteiger partial charge in [-0.15, -0.1) is 0 Å². The zero-order chi connectivity index (χ0) is 15.7. The van der Waals surface area contributed by atoms with Gasteiger partial charge in [-0.25, -0.2) is 17.5 Å². The van der Waals surface area contributed by atoms with Gasteiger partial charge in [-0.3, -0.25) is 0 Å². The highest BCUT2D eigenvalue weighted by Crippen LogP contribution is 2.22. The van der Waals surface area contributed by atoms with Crippen molar-refractivity contribution in [2.45, 2.75) is 32.6 Å². The van der Waals surface area contributed by atoms with Crippen LogP contribution in [-0.4, -0.2) is 37.4 Å². The Hall–Kier alpha value is -1.40. The monoisotopic (exact) mass is 299 g/mol. The van der Waals surface area contributed by atoms with Crippen molar-refractivity contribution < 1.29 is 18.3 Å². The first-order chi connectivity index (χ1) is 8.95. The average molecular weight is 299 g/mol. The van der Waals surface area contributed by atoms with Crippen molar-refractivity contribution in [1.29, 1.82) is 0 Å².